The Hall–Kier alpha value is -4.61. The fraction of sp³-hybridized carbons (Fsp3) is 0.292. The van der Waals surface area contributed by atoms with Gasteiger partial charge in [0.25, 0.3) is 0 Å². The first-order chi connectivity index (χ1) is 17.3. The average molecular weight is 502 g/mol. The highest BCUT2D eigenvalue weighted by Gasteiger charge is 2.28. The number of carbonyl (C=O) groups excluding carboxylic acids is 4. The quantitative estimate of drug-likeness (QED) is 0.210. The van der Waals surface area contributed by atoms with Gasteiger partial charge in [0.2, 0.25) is 0 Å². The molecule has 12 nitrogen and oxygen atoms in total. The summed E-state index contributed by atoms with van der Waals surface area (Å²) in [4.78, 5) is 59.2. The first kappa shape index (κ1) is 27.6. The van der Waals surface area contributed by atoms with Crippen LogP contribution in [0, 0.1) is 5.92 Å². The van der Waals surface area contributed by atoms with Crippen LogP contribution in [0.3, 0.4) is 0 Å². The van der Waals surface area contributed by atoms with Gasteiger partial charge in [-0.2, -0.15) is 0 Å². The van der Waals surface area contributed by atoms with Crippen molar-refractivity contribution in [3.8, 4) is 11.5 Å². The van der Waals surface area contributed by atoms with Gasteiger partial charge < -0.3 is 34.7 Å². The number of hydrogen-bond donors (Lipinski definition) is 3. The van der Waals surface area contributed by atoms with Gasteiger partial charge in [-0.05, 0) is 24.3 Å². The van der Waals surface area contributed by atoms with Crippen molar-refractivity contribution in [1.82, 2.24) is 10.6 Å². The van der Waals surface area contributed by atoms with Crippen LogP contribution < -0.4 is 20.1 Å². The minimum Gasteiger partial charge on any atom is -0.465 e. The summed E-state index contributed by atoms with van der Waals surface area (Å²) in [6.45, 7) is -0.722. The third-order valence-electron chi connectivity index (χ3n) is 4.35. The van der Waals surface area contributed by atoms with Gasteiger partial charge in [0, 0.05) is 0 Å². The molecule has 2 aromatic rings. The van der Waals surface area contributed by atoms with Crippen LogP contribution in [0.2, 0.25) is 0 Å². The zero-order valence-electron chi connectivity index (χ0n) is 19.2. The smallest absolute Gasteiger partial charge is 0.412 e. The maximum atomic E-state index is 12.5. The average Bonchev–Trinajstić information content (AvgIpc) is 2.85. The summed E-state index contributed by atoms with van der Waals surface area (Å²) in [5.41, 5.74) is 0. The van der Waals surface area contributed by atoms with E-state index >= 15 is 0 Å². The van der Waals surface area contributed by atoms with Gasteiger partial charge in [0.1, 0.15) is 24.7 Å². The number of esters is 3. The van der Waals surface area contributed by atoms with Gasteiger partial charge in [-0.15, -0.1) is 0 Å². The zero-order valence-corrected chi connectivity index (χ0v) is 19.2. The molecule has 0 aromatic heterocycles. The molecule has 36 heavy (non-hydrogen) atoms. The molecule has 12 heteroatoms. The molecule has 2 aromatic carbocycles. The van der Waals surface area contributed by atoms with Crippen molar-refractivity contribution in [3.63, 3.8) is 0 Å². The molecule has 1 atom stereocenters. The molecule has 192 valence electrons. The largest absolute Gasteiger partial charge is 0.465 e. The van der Waals surface area contributed by atoms with E-state index in [1.807, 2.05) is 5.32 Å². The number of carboxylic acid groups (broad SMARTS) is 1. The summed E-state index contributed by atoms with van der Waals surface area (Å²) in [5, 5.41) is 13.0. The Labute approximate surface area is 206 Å². The van der Waals surface area contributed by atoms with Crippen LogP contribution in [0.15, 0.2) is 60.7 Å². The summed E-state index contributed by atoms with van der Waals surface area (Å²) in [5.74, 6) is -3.11. The van der Waals surface area contributed by atoms with Crippen LogP contribution >= 0.6 is 0 Å². The second-order valence-electron chi connectivity index (χ2n) is 7.14. The van der Waals surface area contributed by atoms with Crippen molar-refractivity contribution in [2.45, 2.75) is 12.8 Å². The van der Waals surface area contributed by atoms with Crippen LogP contribution in [-0.4, -0.2) is 61.5 Å². The van der Waals surface area contributed by atoms with Gasteiger partial charge in [-0.25, -0.2) is 9.59 Å². The summed E-state index contributed by atoms with van der Waals surface area (Å²) >= 11 is 0. The molecule has 1 unspecified atom stereocenters. The lowest BCUT2D eigenvalue weighted by Gasteiger charge is -2.15. The number of amides is 2. The number of hydrogen-bond acceptors (Lipinski definition) is 9. The molecule has 0 aliphatic carbocycles. The molecule has 0 fully saturated rings. The minimum absolute atomic E-state index is 0.0795. The number of para-hydroxylation sites is 2. The number of benzene rings is 2. The fourth-order valence-electron chi connectivity index (χ4n) is 2.74. The minimum atomic E-state index is -1.28. The second kappa shape index (κ2) is 15.3. The molecule has 3 N–H and O–H groups in total. The fourth-order valence-corrected chi connectivity index (χ4v) is 2.74. The molecule has 0 heterocycles. The van der Waals surface area contributed by atoms with Crippen molar-refractivity contribution in [2.75, 3.05) is 26.3 Å². The number of rotatable bonds is 13. The number of nitrogens with one attached hydrogen (secondary N) is 2. The van der Waals surface area contributed by atoms with E-state index in [1.165, 1.54) is 0 Å². The first-order valence-corrected chi connectivity index (χ1v) is 10.9. The van der Waals surface area contributed by atoms with Crippen LogP contribution in [0.1, 0.15) is 12.8 Å². The molecule has 2 amide bonds. The van der Waals surface area contributed by atoms with Crippen LogP contribution in [0.5, 0.6) is 11.5 Å². The Morgan fingerprint density at radius 2 is 1.22 bits per heavy atom. The van der Waals surface area contributed by atoms with E-state index in [2.05, 4.69) is 5.32 Å². The lowest BCUT2D eigenvalue weighted by atomic mass is 10.0. The normalized spacial score (nSPS) is 10.9. The van der Waals surface area contributed by atoms with Crippen molar-refractivity contribution in [3.05, 3.63) is 60.7 Å². The van der Waals surface area contributed by atoms with E-state index in [1.54, 1.807) is 60.7 Å². The molecule has 0 aliphatic heterocycles. The van der Waals surface area contributed by atoms with Gasteiger partial charge in [-0.1, -0.05) is 36.4 Å². The van der Waals surface area contributed by atoms with E-state index in [0.717, 1.165) is 0 Å². The Morgan fingerprint density at radius 1 is 0.694 bits per heavy atom. The van der Waals surface area contributed by atoms with Gasteiger partial charge >= 0.3 is 30.1 Å². The molecule has 0 spiro atoms. The first-order valence-electron chi connectivity index (χ1n) is 10.9. The van der Waals surface area contributed by atoms with Crippen LogP contribution in [-0.2, 0) is 23.9 Å². The summed E-state index contributed by atoms with van der Waals surface area (Å²) in [7, 11) is 0. The zero-order chi connectivity index (χ0) is 26.2. The maximum absolute atomic E-state index is 12.5. The lowest BCUT2D eigenvalue weighted by Crippen LogP contribution is -2.32. The molecule has 0 saturated carbocycles. The number of ether oxygens (including phenoxy) is 4. The van der Waals surface area contributed by atoms with Gasteiger partial charge in [-0.3, -0.25) is 14.4 Å². The predicted molar refractivity (Wildman–Crippen MR) is 123 cm³/mol. The third-order valence-corrected chi connectivity index (χ3v) is 4.35. The topological polar surface area (TPSA) is 167 Å². The third kappa shape index (κ3) is 11.5. The molecular weight excluding hydrogens is 476 g/mol. The molecule has 0 radical (unpaired) electrons. The van der Waals surface area contributed by atoms with E-state index in [9.17, 15) is 24.0 Å². The molecule has 0 aliphatic rings. The van der Waals surface area contributed by atoms with Crippen molar-refractivity contribution < 1.29 is 48.0 Å². The standard InChI is InChI=1S/C24H26N2O10/c27-20(33-13-11-25-23(30)31)15-17(16-21(28)35-18-7-3-1-4-8-18)22(29)34-14-12-26-24(32)36-19-9-5-2-6-10-19/h1-10,17,25H,11-16H2,(H,26,32)(H,30,31). The highest BCUT2D eigenvalue weighted by atomic mass is 16.6. The Kier molecular flexibility index (Phi) is 11.8. The van der Waals surface area contributed by atoms with E-state index in [0.29, 0.717) is 5.75 Å². The summed E-state index contributed by atoms with van der Waals surface area (Å²) in [6, 6.07) is 16.5. The van der Waals surface area contributed by atoms with E-state index in [-0.39, 0.29) is 32.1 Å². The monoisotopic (exact) mass is 502 g/mol. The number of carbonyl (C=O) groups is 5. The lowest BCUT2D eigenvalue weighted by molar-refractivity contribution is -0.157. The van der Waals surface area contributed by atoms with Crippen molar-refractivity contribution in [2.24, 2.45) is 5.92 Å². The van der Waals surface area contributed by atoms with Crippen molar-refractivity contribution in [1.29, 1.82) is 0 Å². The maximum Gasteiger partial charge on any atom is 0.412 e. The molecular formula is C24H26N2O10. The summed E-state index contributed by atoms with van der Waals surface area (Å²) in [6.07, 6.45) is -3.00. The Morgan fingerprint density at radius 3 is 1.83 bits per heavy atom. The molecule has 0 saturated heterocycles. The second-order valence-corrected chi connectivity index (χ2v) is 7.14. The van der Waals surface area contributed by atoms with Gasteiger partial charge in [0.05, 0.1) is 31.8 Å². The Balaban J connectivity index is 1.84. The summed E-state index contributed by atoms with van der Waals surface area (Å²) < 4.78 is 20.2. The van der Waals surface area contributed by atoms with Crippen LogP contribution in [0.25, 0.3) is 0 Å². The predicted octanol–water partition coefficient (Wildman–Crippen LogP) is 2.13. The van der Waals surface area contributed by atoms with Crippen molar-refractivity contribution >= 4 is 30.1 Å². The van der Waals surface area contributed by atoms with Gasteiger partial charge in [0.15, 0.2) is 0 Å². The SMILES string of the molecule is O=C(O)NCCOC(=O)CC(CC(=O)Oc1ccccc1)C(=O)OCCNC(=O)Oc1ccccc1. The molecule has 0 bridgehead atoms. The van der Waals surface area contributed by atoms with Crippen LogP contribution in [0.4, 0.5) is 9.59 Å². The molecule has 2 rings (SSSR count). The Bertz CT molecular complexity index is 1010. The highest BCUT2D eigenvalue weighted by molar-refractivity contribution is 5.85. The van der Waals surface area contributed by atoms with E-state index < -0.39 is 48.9 Å². The van der Waals surface area contributed by atoms with E-state index in [4.69, 9.17) is 24.1 Å². The highest BCUT2D eigenvalue weighted by Crippen LogP contribution is 2.16.